The molecule has 0 radical (unpaired) electrons. The Kier molecular flexibility index (Phi) is 1.85. The van der Waals surface area contributed by atoms with Crippen molar-refractivity contribution < 1.29 is 4.79 Å². The lowest BCUT2D eigenvalue weighted by atomic mass is 10.3. The van der Waals surface area contributed by atoms with Crippen LogP contribution in [-0.2, 0) is 4.79 Å². The molecule has 0 bridgehead atoms. The number of rotatable bonds is 1. The maximum absolute atomic E-state index is 10.7. The van der Waals surface area contributed by atoms with E-state index in [-0.39, 0.29) is 5.78 Å². The van der Waals surface area contributed by atoms with Gasteiger partial charge in [0.1, 0.15) is 5.70 Å². The first-order chi connectivity index (χ1) is 4.70. The molecule has 10 heavy (non-hydrogen) atoms. The summed E-state index contributed by atoms with van der Waals surface area (Å²) < 4.78 is 0. The monoisotopic (exact) mass is 138 g/mol. The smallest absolute Gasteiger partial charge is 0.179 e. The van der Waals surface area contributed by atoms with E-state index in [9.17, 15) is 4.79 Å². The lowest BCUT2D eigenvalue weighted by Gasteiger charge is -2.14. The number of carbonyl (C=O) groups excluding carboxylic acids is 1. The zero-order chi connectivity index (χ0) is 7.56. The van der Waals surface area contributed by atoms with Crippen LogP contribution in [0.5, 0.6) is 0 Å². The summed E-state index contributed by atoms with van der Waals surface area (Å²) in [5.41, 5.74) is 0.536. The van der Waals surface area contributed by atoms with E-state index in [1.807, 2.05) is 11.9 Å². The Morgan fingerprint density at radius 1 is 1.80 bits per heavy atom. The lowest BCUT2D eigenvalue weighted by molar-refractivity contribution is -0.113. The van der Waals surface area contributed by atoms with Crippen molar-refractivity contribution in [3.8, 4) is 0 Å². The maximum atomic E-state index is 10.7. The molecule has 0 amide bonds. The maximum Gasteiger partial charge on any atom is 0.179 e. The zero-order valence-corrected chi connectivity index (χ0v) is 6.16. The van der Waals surface area contributed by atoms with E-state index < -0.39 is 0 Å². The molecule has 0 fully saturated rings. The fourth-order valence-corrected chi connectivity index (χ4v) is 0.745. The number of nitrogens with zero attached hydrogens (tertiary/aromatic N) is 2. The molecule has 0 atom stereocenters. The average molecular weight is 138 g/mol. The summed E-state index contributed by atoms with van der Waals surface area (Å²) in [7, 11) is 1.91. The third kappa shape index (κ3) is 1.43. The van der Waals surface area contributed by atoms with E-state index in [0.717, 1.165) is 6.54 Å². The van der Waals surface area contributed by atoms with Crippen LogP contribution in [0.25, 0.3) is 0 Å². The number of carbonyl (C=O) groups is 1. The lowest BCUT2D eigenvalue weighted by Crippen LogP contribution is -2.19. The fourth-order valence-electron chi connectivity index (χ4n) is 0.745. The van der Waals surface area contributed by atoms with E-state index in [1.54, 1.807) is 12.4 Å². The highest BCUT2D eigenvalue weighted by atomic mass is 16.1. The molecule has 1 aliphatic heterocycles. The largest absolute Gasteiger partial charge is 0.373 e. The standard InChI is InChI=1S/C7H10N2O/c1-6(10)7-5-9(2)4-3-8-7/h3,5H,4H2,1-2H3. The molecule has 1 aliphatic rings. The van der Waals surface area contributed by atoms with Gasteiger partial charge < -0.3 is 4.90 Å². The third-order valence-electron chi connectivity index (χ3n) is 1.30. The molecule has 3 nitrogen and oxygen atoms in total. The minimum atomic E-state index is 0.0165. The number of hydrogen-bond acceptors (Lipinski definition) is 3. The van der Waals surface area contributed by atoms with Crippen LogP contribution in [0, 0.1) is 0 Å². The van der Waals surface area contributed by atoms with Gasteiger partial charge in [-0.15, -0.1) is 0 Å². The van der Waals surface area contributed by atoms with E-state index in [1.165, 1.54) is 6.92 Å². The van der Waals surface area contributed by atoms with Gasteiger partial charge in [-0.2, -0.15) is 0 Å². The molecule has 0 aromatic heterocycles. The molecule has 3 heteroatoms. The molecule has 54 valence electrons. The van der Waals surface area contributed by atoms with Crippen LogP contribution in [0.4, 0.5) is 0 Å². The van der Waals surface area contributed by atoms with Crippen molar-refractivity contribution in [3.63, 3.8) is 0 Å². The molecule has 0 saturated carbocycles. The summed E-state index contributed by atoms with van der Waals surface area (Å²) in [6.45, 7) is 2.30. The topological polar surface area (TPSA) is 32.7 Å². The second-order valence-electron chi connectivity index (χ2n) is 2.32. The first-order valence-electron chi connectivity index (χ1n) is 3.15. The Hall–Kier alpha value is -1.12. The molecule has 0 aliphatic carbocycles. The van der Waals surface area contributed by atoms with Crippen molar-refractivity contribution in [2.24, 2.45) is 4.99 Å². The third-order valence-corrected chi connectivity index (χ3v) is 1.30. The molecule has 0 aromatic carbocycles. The van der Waals surface area contributed by atoms with E-state index in [0.29, 0.717) is 5.70 Å². The number of Topliss-reactive ketones (excluding diaryl/α,β-unsaturated/α-hetero) is 1. The molecule has 0 N–H and O–H groups in total. The number of allylic oxidation sites excluding steroid dienone is 1. The van der Waals surface area contributed by atoms with Crippen LogP contribution in [0.2, 0.25) is 0 Å². The zero-order valence-electron chi connectivity index (χ0n) is 6.16. The van der Waals surface area contributed by atoms with Gasteiger partial charge in [0.15, 0.2) is 5.78 Å². The van der Waals surface area contributed by atoms with Crippen LogP contribution in [0.3, 0.4) is 0 Å². The van der Waals surface area contributed by atoms with Gasteiger partial charge in [0.25, 0.3) is 0 Å². The van der Waals surface area contributed by atoms with Gasteiger partial charge in [-0.3, -0.25) is 9.79 Å². The summed E-state index contributed by atoms with van der Waals surface area (Å²) in [6.07, 6.45) is 3.49. The molecule has 1 rings (SSSR count). The number of ketones is 1. The van der Waals surface area contributed by atoms with Gasteiger partial charge in [-0.05, 0) is 0 Å². The quantitative estimate of drug-likeness (QED) is 0.526. The van der Waals surface area contributed by atoms with E-state index in [4.69, 9.17) is 0 Å². The summed E-state index contributed by atoms with van der Waals surface area (Å²) in [4.78, 5) is 16.6. The SMILES string of the molecule is CC(=O)C1=CN(C)CC=N1. The van der Waals surface area contributed by atoms with Gasteiger partial charge >= 0.3 is 0 Å². The number of aliphatic imine (C=N–C) groups is 1. The second-order valence-corrected chi connectivity index (χ2v) is 2.32. The number of hydrogen-bond donors (Lipinski definition) is 0. The summed E-state index contributed by atoms with van der Waals surface area (Å²) in [6, 6.07) is 0. The Morgan fingerprint density at radius 2 is 2.50 bits per heavy atom. The van der Waals surface area contributed by atoms with E-state index >= 15 is 0 Å². The van der Waals surface area contributed by atoms with Crippen LogP contribution in [-0.4, -0.2) is 30.5 Å². The van der Waals surface area contributed by atoms with E-state index in [2.05, 4.69) is 4.99 Å². The molecule has 0 saturated heterocycles. The highest BCUT2D eigenvalue weighted by Crippen LogP contribution is 2.03. The van der Waals surface area contributed by atoms with Gasteiger partial charge in [0.05, 0.1) is 6.54 Å². The highest BCUT2D eigenvalue weighted by Gasteiger charge is 2.05. The van der Waals surface area contributed by atoms with Crippen molar-refractivity contribution in [1.82, 2.24) is 4.90 Å². The summed E-state index contributed by atoms with van der Waals surface area (Å²) >= 11 is 0. The van der Waals surface area contributed by atoms with Crippen molar-refractivity contribution in [3.05, 3.63) is 11.9 Å². The minimum Gasteiger partial charge on any atom is -0.373 e. The first kappa shape index (κ1) is 6.99. The molecular weight excluding hydrogens is 128 g/mol. The fraction of sp³-hybridized carbons (Fsp3) is 0.429. The van der Waals surface area contributed by atoms with Crippen molar-refractivity contribution in [2.45, 2.75) is 6.92 Å². The summed E-state index contributed by atoms with van der Waals surface area (Å²) in [5, 5.41) is 0. The van der Waals surface area contributed by atoms with Crippen molar-refractivity contribution in [1.29, 1.82) is 0 Å². The van der Waals surface area contributed by atoms with Gasteiger partial charge in [0.2, 0.25) is 0 Å². The Morgan fingerprint density at radius 3 is 2.90 bits per heavy atom. The minimum absolute atomic E-state index is 0.0165. The van der Waals surface area contributed by atoms with Crippen molar-refractivity contribution in [2.75, 3.05) is 13.6 Å². The predicted molar refractivity (Wildman–Crippen MR) is 39.9 cm³/mol. The van der Waals surface area contributed by atoms with Crippen LogP contribution in [0.15, 0.2) is 16.9 Å². The Balaban J connectivity index is 2.76. The molecule has 0 unspecified atom stereocenters. The van der Waals surface area contributed by atoms with Gasteiger partial charge in [-0.25, -0.2) is 0 Å². The first-order valence-corrected chi connectivity index (χ1v) is 3.15. The van der Waals surface area contributed by atoms with Crippen LogP contribution in [0.1, 0.15) is 6.92 Å². The average Bonchev–Trinajstić information content (AvgIpc) is 1.88. The van der Waals surface area contributed by atoms with Gasteiger partial charge in [-0.1, -0.05) is 0 Å². The molecule has 1 heterocycles. The van der Waals surface area contributed by atoms with Crippen LogP contribution < -0.4 is 0 Å². The molecule has 0 spiro atoms. The Labute approximate surface area is 60.1 Å². The Bertz CT molecular complexity index is 206. The normalized spacial score (nSPS) is 17.0. The van der Waals surface area contributed by atoms with Gasteiger partial charge in [0, 0.05) is 26.4 Å². The van der Waals surface area contributed by atoms with Crippen LogP contribution >= 0.6 is 0 Å². The second kappa shape index (κ2) is 2.64. The summed E-state index contributed by atoms with van der Waals surface area (Å²) in [5.74, 6) is 0.0165. The van der Waals surface area contributed by atoms with Crippen molar-refractivity contribution >= 4 is 12.0 Å². The molecule has 0 aromatic rings. The predicted octanol–water partition coefficient (Wildman–Crippen LogP) is 0.433. The highest BCUT2D eigenvalue weighted by molar-refractivity contribution is 5.94. The molecular formula is C7H10N2O.